The number of hydrogen-bond acceptors (Lipinski definition) is 3. The molecule has 0 bridgehead atoms. The second-order valence-corrected chi connectivity index (χ2v) is 7.38. The van der Waals surface area contributed by atoms with Gasteiger partial charge >= 0.3 is 0 Å². The van der Waals surface area contributed by atoms with Gasteiger partial charge in [0.25, 0.3) is 0 Å². The molecule has 0 saturated carbocycles. The molecule has 0 unspecified atom stereocenters. The minimum Gasteiger partial charge on any atom is -0.350 e. The van der Waals surface area contributed by atoms with Crippen LogP contribution >= 0.6 is 0 Å². The van der Waals surface area contributed by atoms with Crippen molar-refractivity contribution < 1.29 is 14.4 Å². The molecular weight excluding hydrogens is 328 g/mol. The lowest BCUT2D eigenvalue weighted by Gasteiger charge is -2.19. The summed E-state index contributed by atoms with van der Waals surface area (Å²) in [5, 5.41) is 2.97. The molecule has 3 amide bonds. The third-order valence-electron chi connectivity index (χ3n) is 5.43. The van der Waals surface area contributed by atoms with Crippen molar-refractivity contribution in [3.05, 3.63) is 47.0 Å². The number of aryl methyl sites for hydroxylation is 2. The number of hydrogen-bond donors (Lipinski definition) is 1. The maximum Gasteiger partial charge on any atom is 0.233 e. The molecule has 1 fully saturated rings. The van der Waals surface area contributed by atoms with Crippen LogP contribution in [0.1, 0.15) is 48.9 Å². The summed E-state index contributed by atoms with van der Waals surface area (Å²) in [6.07, 6.45) is 5.32. The first-order valence-electron chi connectivity index (χ1n) is 9.25. The number of likely N-dealkylation sites (tertiary alicyclic amines) is 1. The van der Waals surface area contributed by atoms with Crippen LogP contribution < -0.4 is 5.32 Å². The molecular formula is C21H26N2O3. The van der Waals surface area contributed by atoms with Crippen LogP contribution in [-0.4, -0.2) is 29.2 Å². The zero-order valence-corrected chi connectivity index (χ0v) is 15.6. The molecule has 0 spiro atoms. The Labute approximate surface area is 154 Å². The molecule has 1 N–H and O–H groups in total. The molecule has 0 radical (unpaired) electrons. The summed E-state index contributed by atoms with van der Waals surface area (Å²) in [6.45, 7) is 6.18. The largest absolute Gasteiger partial charge is 0.350 e. The van der Waals surface area contributed by atoms with Crippen molar-refractivity contribution in [1.82, 2.24) is 10.2 Å². The van der Waals surface area contributed by atoms with E-state index in [1.165, 1.54) is 10.5 Å². The van der Waals surface area contributed by atoms with Gasteiger partial charge in [0.1, 0.15) is 0 Å². The lowest BCUT2D eigenvalue weighted by molar-refractivity contribution is -0.140. The van der Waals surface area contributed by atoms with E-state index in [0.29, 0.717) is 12.8 Å². The van der Waals surface area contributed by atoms with Crippen LogP contribution in [0, 0.1) is 25.7 Å². The molecule has 138 valence electrons. The molecule has 5 heteroatoms. The predicted molar refractivity (Wildman–Crippen MR) is 99.2 cm³/mol. The van der Waals surface area contributed by atoms with E-state index in [0.717, 1.165) is 11.1 Å². The van der Waals surface area contributed by atoms with Gasteiger partial charge in [-0.2, -0.15) is 0 Å². The Morgan fingerprint density at radius 1 is 1.15 bits per heavy atom. The number of fused-ring (bicyclic) bond motifs is 1. The Morgan fingerprint density at radius 3 is 2.35 bits per heavy atom. The SMILES string of the molecule is Cc1ccc([C@@H](C)NC(=O)CCN2C(=O)[C@H]3CC=CC[C@H]3C2=O)c(C)c1. The van der Waals surface area contributed by atoms with Gasteiger partial charge in [-0.1, -0.05) is 35.9 Å². The minimum atomic E-state index is -0.232. The van der Waals surface area contributed by atoms with Crippen LogP contribution in [0.5, 0.6) is 0 Å². The standard InChI is InChI=1S/C21H26N2O3/c1-13-8-9-16(14(2)12-13)15(3)22-19(24)10-11-23-20(25)17-6-4-5-7-18(17)21(23)26/h4-5,8-9,12,15,17-18H,6-7,10-11H2,1-3H3,(H,22,24)/t15-,17-,18+/m1/s1. The number of carbonyl (C=O) groups excluding carboxylic acids is 3. The quantitative estimate of drug-likeness (QED) is 0.653. The summed E-state index contributed by atoms with van der Waals surface area (Å²) >= 11 is 0. The molecule has 0 aromatic heterocycles. The first-order valence-corrected chi connectivity index (χ1v) is 9.25. The average molecular weight is 354 g/mol. The first-order chi connectivity index (χ1) is 12.4. The number of nitrogens with one attached hydrogen (secondary N) is 1. The number of allylic oxidation sites excluding steroid dienone is 2. The Morgan fingerprint density at radius 2 is 1.77 bits per heavy atom. The number of amides is 3. The molecule has 3 rings (SSSR count). The lowest BCUT2D eigenvalue weighted by atomic mass is 9.85. The zero-order valence-electron chi connectivity index (χ0n) is 15.6. The number of benzene rings is 1. The van der Waals surface area contributed by atoms with Crippen molar-refractivity contribution in [3.63, 3.8) is 0 Å². The van der Waals surface area contributed by atoms with E-state index in [-0.39, 0.29) is 48.6 Å². The van der Waals surface area contributed by atoms with Crippen molar-refractivity contribution in [2.45, 2.75) is 46.1 Å². The highest BCUT2D eigenvalue weighted by atomic mass is 16.2. The van der Waals surface area contributed by atoms with E-state index in [2.05, 4.69) is 11.4 Å². The van der Waals surface area contributed by atoms with Gasteiger partial charge in [-0.25, -0.2) is 0 Å². The third-order valence-corrected chi connectivity index (χ3v) is 5.43. The van der Waals surface area contributed by atoms with Gasteiger partial charge in [-0.3, -0.25) is 19.3 Å². The van der Waals surface area contributed by atoms with Crippen LogP contribution in [0.2, 0.25) is 0 Å². The Balaban J connectivity index is 1.56. The molecule has 1 aromatic rings. The fourth-order valence-corrected chi connectivity index (χ4v) is 4.01. The zero-order chi connectivity index (χ0) is 18.8. The number of rotatable bonds is 5. The molecule has 5 nitrogen and oxygen atoms in total. The van der Waals surface area contributed by atoms with E-state index in [9.17, 15) is 14.4 Å². The van der Waals surface area contributed by atoms with Crippen molar-refractivity contribution in [3.8, 4) is 0 Å². The number of nitrogens with zero attached hydrogens (tertiary/aromatic N) is 1. The highest BCUT2D eigenvalue weighted by Gasteiger charge is 2.46. The monoisotopic (exact) mass is 354 g/mol. The lowest BCUT2D eigenvalue weighted by Crippen LogP contribution is -2.36. The van der Waals surface area contributed by atoms with Crippen LogP contribution in [-0.2, 0) is 14.4 Å². The second kappa shape index (κ2) is 7.44. The molecule has 1 aliphatic heterocycles. The molecule has 1 heterocycles. The van der Waals surface area contributed by atoms with Crippen LogP contribution in [0.3, 0.4) is 0 Å². The van der Waals surface area contributed by atoms with E-state index < -0.39 is 0 Å². The maximum absolute atomic E-state index is 12.4. The van der Waals surface area contributed by atoms with E-state index in [1.807, 2.05) is 45.1 Å². The van der Waals surface area contributed by atoms with Gasteiger partial charge in [-0.15, -0.1) is 0 Å². The highest BCUT2D eigenvalue weighted by molar-refractivity contribution is 6.05. The van der Waals surface area contributed by atoms with E-state index in [1.54, 1.807) is 0 Å². The van der Waals surface area contributed by atoms with Gasteiger partial charge in [0.2, 0.25) is 17.7 Å². The summed E-state index contributed by atoms with van der Waals surface area (Å²) in [5.41, 5.74) is 3.40. The molecule has 3 atom stereocenters. The summed E-state index contributed by atoms with van der Waals surface area (Å²) in [7, 11) is 0. The fourth-order valence-electron chi connectivity index (χ4n) is 4.01. The van der Waals surface area contributed by atoms with Gasteiger partial charge in [0.05, 0.1) is 17.9 Å². The van der Waals surface area contributed by atoms with Crippen LogP contribution in [0.25, 0.3) is 0 Å². The smallest absolute Gasteiger partial charge is 0.233 e. The third kappa shape index (κ3) is 3.57. The topological polar surface area (TPSA) is 66.5 Å². The molecule has 1 aromatic carbocycles. The Kier molecular flexibility index (Phi) is 5.25. The van der Waals surface area contributed by atoms with Crippen molar-refractivity contribution in [2.75, 3.05) is 6.54 Å². The predicted octanol–water partition coefficient (Wildman–Crippen LogP) is 2.82. The highest BCUT2D eigenvalue weighted by Crippen LogP contribution is 2.35. The Bertz CT molecular complexity index is 743. The summed E-state index contributed by atoms with van der Waals surface area (Å²) in [5.74, 6) is -0.861. The molecule has 1 saturated heterocycles. The summed E-state index contributed by atoms with van der Waals surface area (Å²) < 4.78 is 0. The van der Waals surface area contributed by atoms with Crippen molar-refractivity contribution in [1.29, 1.82) is 0 Å². The second-order valence-electron chi connectivity index (χ2n) is 7.38. The molecule has 2 aliphatic rings. The normalized spacial score (nSPS) is 23.1. The first kappa shape index (κ1) is 18.4. The van der Waals surface area contributed by atoms with Gasteiger partial charge in [0.15, 0.2) is 0 Å². The maximum atomic E-state index is 12.4. The van der Waals surface area contributed by atoms with Gasteiger partial charge < -0.3 is 5.32 Å². The fraction of sp³-hybridized carbons (Fsp3) is 0.476. The number of carbonyl (C=O) groups is 3. The number of imide groups is 1. The van der Waals surface area contributed by atoms with Crippen molar-refractivity contribution in [2.24, 2.45) is 11.8 Å². The van der Waals surface area contributed by atoms with Crippen LogP contribution in [0.4, 0.5) is 0 Å². The van der Waals surface area contributed by atoms with E-state index in [4.69, 9.17) is 0 Å². The molecule has 26 heavy (non-hydrogen) atoms. The average Bonchev–Trinajstić information content (AvgIpc) is 2.84. The minimum absolute atomic E-state index is 0.111. The van der Waals surface area contributed by atoms with E-state index >= 15 is 0 Å². The summed E-state index contributed by atoms with van der Waals surface area (Å²) in [6, 6.07) is 6.04. The summed E-state index contributed by atoms with van der Waals surface area (Å²) in [4.78, 5) is 38.4. The van der Waals surface area contributed by atoms with Crippen molar-refractivity contribution >= 4 is 17.7 Å². The Hall–Kier alpha value is -2.43. The molecule has 1 aliphatic carbocycles. The van der Waals surface area contributed by atoms with Gasteiger partial charge in [0, 0.05) is 13.0 Å². The van der Waals surface area contributed by atoms with Crippen LogP contribution in [0.15, 0.2) is 30.4 Å². The van der Waals surface area contributed by atoms with Gasteiger partial charge in [-0.05, 0) is 44.7 Å².